The summed E-state index contributed by atoms with van der Waals surface area (Å²) in [4.78, 5) is 17.8. The van der Waals surface area contributed by atoms with Gasteiger partial charge in [0.1, 0.15) is 6.61 Å². The second-order valence-electron chi connectivity index (χ2n) is 6.27. The van der Waals surface area contributed by atoms with Gasteiger partial charge in [-0.25, -0.2) is 4.79 Å². The molecule has 1 N–H and O–H groups in total. The van der Waals surface area contributed by atoms with Gasteiger partial charge in [-0.15, -0.1) is 0 Å². The molecule has 1 aromatic carbocycles. The average molecular weight is 330 g/mol. The molecule has 0 bridgehead atoms. The van der Waals surface area contributed by atoms with E-state index < -0.39 is 0 Å². The van der Waals surface area contributed by atoms with Crippen molar-refractivity contribution in [3.8, 4) is 0 Å². The molecule has 7 heteroatoms. The lowest BCUT2D eigenvalue weighted by Crippen LogP contribution is -2.24. The fraction of sp³-hybridized carbons (Fsp3) is 0.471. The molecular weight excluding hydrogens is 308 g/mol. The van der Waals surface area contributed by atoms with Crippen LogP contribution in [0.4, 0.5) is 16.2 Å². The lowest BCUT2D eigenvalue weighted by molar-refractivity contribution is 0.181. The Labute approximate surface area is 141 Å². The molecule has 1 amide bonds. The zero-order valence-electron chi connectivity index (χ0n) is 14.2. The van der Waals surface area contributed by atoms with E-state index in [-0.39, 0.29) is 6.09 Å². The third-order valence-corrected chi connectivity index (χ3v) is 3.89. The number of anilines is 2. The van der Waals surface area contributed by atoms with Gasteiger partial charge in [0.15, 0.2) is 5.82 Å². The SMILES string of the molecule is Cc1c(NCc2nc(CC(C)C)no2)cccc1N1CCOC1=O. The molecule has 1 aliphatic heterocycles. The fourth-order valence-corrected chi connectivity index (χ4v) is 2.70. The molecule has 1 aliphatic rings. The zero-order valence-corrected chi connectivity index (χ0v) is 14.2. The number of amides is 1. The molecule has 0 saturated carbocycles. The number of benzene rings is 1. The van der Waals surface area contributed by atoms with E-state index >= 15 is 0 Å². The van der Waals surface area contributed by atoms with Gasteiger partial charge in [0.25, 0.3) is 0 Å². The van der Waals surface area contributed by atoms with E-state index in [1.807, 2.05) is 25.1 Å². The zero-order chi connectivity index (χ0) is 17.1. The van der Waals surface area contributed by atoms with E-state index in [1.165, 1.54) is 0 Å². The number of aromatic nitrogens is 2. The van der Waals surface area contributed by atoms with Crippen molar-refractivity contribution in [2.75, 3.05) is 23.4 Å². The number of ether oxygens (including phenoxy) is 1. The van der Waals surface area contributed by atoms with Gasteiger partial charge in [-0.05, 0) is 30.5 Å². The third-order valence-electron chi connectivity index (χ3n) is 3.89. The maximum absolute atomic E-state index is 11.8. The summed E-state index contributed by atoms with van der Waals surface area (Å²) in [5.74, 6) is 1.77. The van der Waals surface area contributed by atoms with Gasteiger partial charge >= 0.3 is 6.09 Å². The molecular formula is C17H22N4O3. The number of carbonyl (C=O) groups is 1. The Hall–Kier alpha value is -2.57. The summed E-state index contributed by atoms with van der Waals surface area (Å²) in [7, 11) is 0. The summed E-state index contributed by atoms with van der Waals surface area (Å²) in [6.07, 6.45) is 0.500. The minimum absolute atomic E-state index is 0.300. The Balaban J connectivity index is 1.69. The molecule has 0 atom stereocenters. The fourth-order valence-electron chi connectivity index (χ4n) is 2.70. The van der Waals surface area contributed by atoms with Crippen LogP contribution in [0.5, 0.6) is 0 Å². The summed E-state index contributed by atoms with van der Waals surface area (Å²) in [5.41, 5.74) is 2.77. The van der Waals surface area contributed by atoms with Crippen LogP contribution in [0, 0.1) is 12.8 Å². The van der Waals surface area contributed by atoms with E-state index in [2.05, 4.69) is 29.3 Å². The first kappa shape index (κ1) is 16.3. The van der Waals surface area contributed by atoms with Gasteiger partial charge in [-0.1, -0.05) is 25.1 Å². The van der Waals surface area contributed by atoms with Crippen molar-refractivity contribution >= 4 is 17.5 Å². The molecule has 0 unspecified atom stereocenters. The van der Waals surface area contributed by atoms with Crippen LogP contribution in [0.3, 0.4) is 0 Å². The van der Waals surface area contributed by atoms with E-state index in [1.54, 1.807) is 4.90 Å². The third kappa shape index (κ3) is 3.50. The largest absolute Gasteiger partial charge is 0.447 e. The number of hydrogen-bond donors (Lipinski definition) is 1. The molecule has 7 nitrogen and oxygen atoms in total. The molecule has 0 spiro atoms. The van der Waals surface area contributed by atoms with Crippen LogP contribution in [0.15, 0.2) is 22.7 Å². The van der Waals surface area contributed by atoms with Crippen molar-refractivity contribution in [1.29, 1.82) is 0 Å². The first-order valence-electron chi connectivity index (χ1n) is 8.14. The summed E-state index contributed by atoms with van der Waals surface area (Å²) < 4.78 is 10.3. The molecule has 2 heterocycles. The second-order valence-corrected chi connectivity index (χ2v) is 6.27. The Kier molecular flexibility index (Phi) is 4.69. The van der Waals surface area contributed by atoms with E-state index in [0.29, 0.717) is 31.5 Å². The monoisotopic (exact) mass is 330 g/mol. The van der Waals surface area contributed by atoms with Crippen LogP contribution in [0.2, 0.25) is 0 Å². The molecule has 1 aromatic heterocycles. The second kappa shape index (κ2) is 6.90. The Morgan fingerprint density at radius 2 is 2.21 bits per heavy atom. The number of nitrogens with one attached hydrogen (secondary N) is 1. The minimum atomic E-state index is -0.300. The molecule has 0 aliphatic carbocycles. The quantitative estimate of drug-likeness (QED) is 0.876. The van der Waals surface area contributed by atoms with Gasteiger partial charge in [0.05, 0.1) is 18.8 Å². The summed E-state index contributed by atoms with van der Waals surface area (Å²) >= 11 is 0. The molecule has 1 fully saturated rings. The Morgan fingerprint density at radius 3 is 2.92 bits per heavy atom. The highest BCUT2D eigenvalue weighted by Crippen LogP contribution is 2.29. The van der Waals surface area contributed by atoms with Gasteiger partial charge in [0.2, 0.25) is 5.89 Å². The Morgan fingerprint density at radius 1 is 1.38 bits per heavy atom. The van der Waals surface area contributed by atoms with Crippen LogP contribution in [0.1, 0.15) is 31.1 Å². The highest BCUT2D eigenvalue weighted by molar-refractivity contribution is 5.91. The Bertz CT molecular complexity index is 726. The maximum atomic E-state index is 11.8. The van der Waals surface area contributed by atoms with Gasteiger partial charge in [0, 0.05) is 12.1 Å². The van der Waals surface area contributed by atoms with Crippen LogP contribution in [-0.2, 0) is 17.7 Å². The summed E-state index contributed by atoms with van der Waals surface area (Å²) in [6, 6.07) is 5.79. The van der Waals surface area contributed by atoms with Crippen molar-refractivity contribution < 1.29 is 14.1 Å². The maximum Gasteiger partial charge on any atom is 0.414 e. The molecule has 128 valence electrons. The summed E-state index contributed by atoms with van der Waals surface area (Å²) in [5, 5.41) is 7.29. The minimum Gasteiger partial charge on any atom is -0.447 e. The summed E-state index contributed by atoms with van der Waals surface area (Å²) in [6.45, 7) is 7.65. The van der Waals surface area contributed by atoms with Crippen LogP contribution in [0.25, 0.3) is 0 Å². The van der Waals surface area contributed by atoms with Gasteiger partial charge in [-0.3, -0.25) is 4.90 Å². The number of rotatable bonds is 6. The first-order chi connectivity index (χ1) is 11.5. The standard InChI is InChI=1S/C17H22N4O3/c1-11(2)9-15-19-16(24-20-15)10-18-13-5-4-6-14(12(13)3)21-7-8-23-17(21)22/h4-6,11,18H,7-10H2,1-3H3. The highest BCUT2D eigenvalue weighted by Gasteiger charge is 2.25. The van der Waals surface area contributed by atoms with E-state index in [4.69, 9.17) is 9.26 Å². The number of hydrogen-bond acceptors (Lipinski definition) is 6. The van der Waals surface area contributed by atoms with Crippen molar-refractivity contribution in [2.24, 2.45) is 5.92 Å². The predicted octanol–water partition coefficient (Wildman–Crippen LogP) is 3.15. The van der Waals surface area contributed by atoms with E-state index in [0.717, 1.165) is 29.2 Å². The molecule has 1 saturated heterocycles. The van der Waals surface area contributed by atoms with Gasteiger partial charge < -0.3 is 14.6 Å². The van der Waals surface area contributed by atoms with Crippen LogP contribution >= 0.6 is 0 Å². The van der Waals surface area contributed by atoms with Crippen LogP contribution in [-0.4, -0.2) is 29.4 Å². The number of cyclic esters (lactones) is 1. The first-order valence-corrected chi connectivity index (χ1v) is 8.14. The van der Waals surface area contributed by atoms with Crippen molar-refractivity contribution in [3.63, 3.8) is 0 Å². The lowest BCUT2D eigenvalue weighted by atomic mass is 10.1. The van der Waals surface area contributed by atoms with Crippen molar-refractivity contribution in [2.45, 2.75) is 33.7 Å². The average Bonchev–Trinajstić information content (AvgIpc) is 3.15. The topological polar surface area (TPSA) is 80.5 Å². The van der Waals surface area contributed by atoms with E-state index in [9.17, 15) is 4.79 Å². The smallest absolute Gasteiger partial charge is 0.414 e. The number of carbonyl (C=O) groups excluding carboxylic acids is 1. The van der Waals surface area contributed by atoms with Crippen molar-refractivity contribution in [3.05, 3.63) is 35.5 Å². The molecule has 24 heavy (non-hydrogen) atoms. The number of nitrogens with zero attached hydrogens (tertiary/aromatic N) is 3. The van der Waals surface area contributed by atoms with Crippen LogP contribution < -0.4 is 10.2 Å². The molecule has 2 aromatic rings. The molecule has 0 radical (unpaired) electrons. The van der Waals surface area contributed by atoms with Crippen molar-refractivity contribution in [1.82, 2.24) is 10.1 Å². The lowest BCUT2D eigenvalue weighted by Gasteiger charge is -2.18. The molecule has 3 rings (SSSR count). The highest BCUT2D eigenvalue weighted by atomic mass is 16.6. The van der Waals surface area contributed by atoms with Gasteiger partial charge in [-0.2, -0.15) is 4.98 Å². The normalized spacial score (nSPS) is 14.3. The predicted molar refractivity (Wildman–Crippen MR) is 90.0 cm³/mol.